The predicted octanol–water partition coefficient (Wildman–Crippen LogP) is -1.05. The molecule has 4 nitrogen and oxygen atoms in total. The maximum atomic E-state index is 7.12. The second kappa shape index (κ2) is 43.9. The summed E-state index contributed by atoms with van der Waals surface area (Å²) in [5, 5.41) is 26.2. The fourth-order valence-corrected chi connectivity index (χ4v) is 0. The minimum Gasteiger partial charge on any atom is -0.371 e. The van der Waals surface area contributed by atoms with Crippen molar-refractivity contribution < 1.29 is 20.7 Å². The largest absolute Gasteiger partial charge is 0.371 e. The molecule has 0 aromatic carbocycles. The van der Waals surface area contributed by atoms with Crippen LogP contribution in [0.4, 0.5) is 0 Å². The molecule has 0 fully saturated rings. The average molecular weight is 82.1 g/mol. The van der Waals surface area contributed by atoms with Gasteiger partial charge in [0.05, 0.1) is 0 Å². The van der Waals surface area contributed by atoms with Crippen molar-refractivity contribution in [2.75, 3.05) is 6.79 Å². The number of aliphatic hydroxyl groups is 2. The van der Waals surface area contributed by atoms with Gasteiger partial charge in [0.2, 0.25) is 0 Å². The molecule has 0 saturated carbocycles. The minimum absolute atomic E-state index is 0.750. The number of aliphatic hydroxyl groups excluding tert-OH is 1. The first-order valence-electron chi connectivity index (χ1n) is 0.832. The highest BCUT2D eigenvalue weighted by atomic mass is 17.0. The van der Waals surface area contributed by atoms with Crippen molar-refractivity contribution in [1.29, 1.82) is 0 Å². The molecule has 0 aliphatic rings. The molecule has 5 heavy (non-hydrogen) atoms. The molecule has 34 valence electrons. The van der Waals surface area contributed by atoms with Crippen molar-refractivity contribution in [2.45, 2.75) is 0 Å². The zero-order valence-electron chi connectivity index (χ0n) is 2.50. The Kier molecular flexibility index (Phi) is 77.7. The van der Waals surface area contributed by atoms with Crippen LogP contribution in [0.15, 0.2) is 0 Å². The van der Waals surface area contributed by atoms with Gasteiger partial charge in [-0.2, -0.15) is 0 Å². The Hall–Kier alpha value is -0.160. The summed E-state index contributed by atoms with van der Waals surface area (Å²) in [6.07, 6.45) is 0. The lowest BCUT2D eigenvalue weighted by Gasteiger charge is -1.55. The normalized spacial score (nSPS) is 4.80. The molecule has 0 unspecified atom stereocenters. The minimum atomic E-state index is -0.750. The summed E-state index contributed by atoms with van der Waals surface area (Å²) < 4.78 is 0. The van der Waals surface area contributed by atoms with Crippen LogP contribution in [0.1, 0.15) is 0 Å². The molecule has 0 rings (SSSR count). The summed E-state index contributed by atoms with van der Waals surface area (Å²) >= 11 is 0. The second-order valence-electron chi connectivity index (χ2n) is 0.141. The summed E-state index contributed by atoms with van der Waals surface area (Å²) in [4.78, 5) is 0. The Morgan fingerprint density at radius 2 is 1.00 bits per heavy atom. The van der Waals surface area contributed by atoms with Crippen LogP contribution in [-0.2, 0) is 0 Å². The lowest BCUT2D eigenvalue weighted by Crippen LogP contribution is -1.66. The molecule has 0 aromatic rings. The van der Waals surface area contributed by atoms with Gasteiger partial charge < -0.3 is 10.2 Å². The van der Waals surface area contributed by atoms with Crippen LogP contribution in [0.3, 0.4) is 0 Å². The van der Waals surface area contributed by atoms with Crippen LogP contribution in [0.5, 0.6) is 0 Å². The molecule has 0 amide bonds. The Labute approximate surface area is 28.9 Å². The maximum Gasteiger partial charge on any atom is 0.140 e. The Morgan fingerprint density at radius 1 is 1.00 bits per heavy atom. The molecule has 4 heteroatoms. The molecular weight excluding hydrogens is 76.0 g/mol. The number of hydrogen-bond acceptors (Lipinski definition) is 4. The first-order valence-corrected chi connectivity index (χ1v) is 0.832. The van der Waals surface area contributed by atoms with Gasteiger partial charge in [-0.3, -0.25) is 10.5 Å². The van der Waals surface area contributed by atoms with Crippen molar-refractivity contribution >= 4 is 0 Å². The van der Waals surface area contributed by atoms with Crippen LogP contribution in [0, 0.1) is 0 Å². The summed E-state index contributed by atoms with van der Waals surface area (Å²) in [5.41, 5.74) is 0. The van der Waals surface area contributed by atoms with E-state index in [4.69, 9.17) is 20.7 Å². The van der Waals surface area contributed by atoms with E-state index in [0.717, 1.165) is 0 Å². The van der Waals surface area contributed by atoms with E-state index in [0.29, 0.717) is 0 Å². The quantitative estimate of drug-likeness (QED) is 0.171. The van der Waals surface area contributed by atoms with Gasteiger partial charge in [-0.25, -0.2) is 0 Å². The molecular formula is CH6O4. The molecule has 0 saturated heterocycles. The Morgan fingerprint density at radius 3 is 1.00 bits per heavy atom. The third-order valence-corrected chi connectivity index (χ3v) is 0. The number of hydrogen-bond donors (Lipinski definition) is 4. The lowest BCUT2D eigenvalue weighted by molar-refractivity contribution is -0.176. The second-order valence-corrected chi connectivity index (χ2v) is 0.141. The van der Waals surface area contributed by atoms with Crippen LogP contribution in [-0.4, -0.2) is 27.5 Å². The molecule has 4 N–H and O–H groups in total. The fourth-order valence-electron chi connectivity index (χ4n) is 0. The van der Waals surface area contributed by atoms with E-state index in [9.17, 15) is 0 Å². The van der Waals surface area contributed by atoms with Crippen molar-refractivity contribution in [3.63, 3.8) is 0 Å². The van der Waals surface area contributed by atoms with Crippen LogP contribution >= 0.6 is 0 Å². The van der Waals surface area contributed by atoms with E-state index in [1.807, 2.05) is 0 Å². The van der Waals surface area contributed by atoms with E-state index >= 15 is 0 Å². The zero-order chi connectivity index (χ0) is 4.71. The van der Waals surface area contributed by atoms with Gasteiger partial charge in [-0.15, -0.1) is 0 Å². The van der Waals surface area contributed by atoms with E-state index < -0.39 is 6.79 Å². The third kappa shape index (κ3) is 508. The molecule has 0 aliphatic heterocycles. The monoisotopic (exact) mass is 82.0 g/mol. The molecule has 0 aromatic heterocycles. The van der Waals surface area contributed by atoms with Crippen LogP contribution < -0.4 is 0 Å². The highest BCUT2D eigenvalue weighted by Crippen LogP contribution is 1.17. The average Bonchev–Trinajstić information content (AvgIpc) is 1.46. The van der Waals surface area contributed by atoms with Crippen LogP contribution in [0.25, 0.3) is 0 Å². The highest BCUT2D eigenvalue weighted by Gasteiger charge is 1.32. The van der Waals surface area contributed by atoms with E-state index in [-0.39, 0.29) is 0 Å². The summed E-state index contributed by atoms with van der Waals surface area (Å²) in [6, 6.07) is 0. The van der Waals surface area contributed by atoms with Gasteiger partial charge in [0.15, 0.2) is 0 Å². The van der Waals surface area contributed by atoms with E-state index in [2.05, 4.69) is 0 Å². The van der Waals surface area contributed by atoms with Crippen molar-refractivity contribution in [3.8, 4) is 0 Å². The topological polar surface area (TPSA) is 80.9 Å². The van der Waals surface area contributed by atoms with Crippen LogP contribution in [0.2, 0.25) is 0 Å². The summed E-state index contributed by atoms with van der Waals surface area (Å²) in [5.74, 6) is 0. The predicted molar refractivity (Wildman–Crippen MR) is 14.6 cm³/mol. The lowest BCUT2D eigenvalue weighted by atomic mass is 11.6. The third-order valence-electron chi connectivity index (χ3n) is 0. The SMILES string of the molecule is OCO.OO. The molecule has 0 heterocycles. The first-order chi connectivity index (χ1) is 2.41. The van der Waals surface area contributed by atoms with E-state index in [1.54, 1.807) is 0 Å². The van der Waals surface area contributed by atoms with Gasteiger partial charge in [-0.05, 0) is 0 Å². The number of rotatable bonds is 0. The van der Waals surface area contributed by atoms with Crippen molar-refractivity contribution in [2.24, 2.45) is 0 Å². The van der Waals surface area contributed by atoms with Gasteiger partial charge >= 0.3 is 0 Å². The molecule has 0 radical (unpaired) electrons. The molecule has 0 spiro atoms. The van der Waals surface area contributed by atoms with E-state index in [1.165, 1.54) is 0 Å². The first kappa shape index (κ1) is 8.85. The summed E-state index contributed by atoms with van der Waals surface area (Å²) in [7, 11) is 0. The van der Waals surface area contributed by atoms with Crippen molar-refractivity contribution in [1.82, 2.24) is 0 Å². The standard InChI is InChI=1S/CH4O2.H2O2/c2-1-3;1-2/h2-3H,1H2;1-2H. The molecule has 0 atom stereocenters. The zero-order valence-corrected chi connectivity index (χ0v) is 2.50. The van der Waals surface area contributed by atoms with Gasteiger partial charge in [0.25, 0.3) is 0 Å². The van der Waals surface area contributed by atoms with Gasteiger partial charge in [0.1, 0.15) is 6.79 Å². The Bertz CT molecular complexity index is 3.61. The van der Waals surface area contributed by atoms with Gasteiger partial charge in [-0.1, -0.05) is 0 Å². The Balaban J connectivity index is 0. The molecule has 0 bridgehead atoms. The highest BCUT2D eigenvalue weighted by molar-refractivity contribution is 3.50. The molecule has 0 aliphatic carbocycles. The maximum absolute atomic E-state index is 7.12. The fraction of sp³-hybridized carbons (Fsp3) is 1.00. The smallest absolute Gasteiger partial charge is 0.140 e. The van der Waals surface area contributed by atoms with Gasteiger partial charge in [0, 0.05) is 0 Å². The van der Waals surface area contributed by atoms with Crippen molar-refractivity contribution in [3.05, 3.63) is 0 Å². The summed E-state index contributed by atoms with van der Waals surface area (Å²) in [6.45, 7) is -0.750.